The second-order valence-corrected chi connectivity index (χ2v) is 7.14. The number of carbonyl (C=O) groups excluding carboxylic acids is 2. The van der Waals surface area contributed by atoms with Gasteiger partial charge < -0.3 is 24.7 Å². The third-order valence-electron chi connectivity index (χ3n) is 5.21. The molecule has 2 rings (SSSR count). The number of nitrogens with zero attached hydrogens (tertiary/aromatic N) is 4. The molecule has 150 valence electrons. The molecule has 1 heterocycles. The number of carbonyl (C=O) groups is 2. The van der Waals surface area contributed by atoms with E-state index in [0.29, 0.717) is 26.1 Å². The molecule has 1 aliphatic rings. The second-order valence-electron chi connectivity index (χ2n) is 7.14. The van der Waals surface area contributed by atoms with Gasteiger partial charge >= 0.3 is 6.03 Å². The molecule has 7 nitrogen and oxygen atoms in total. The van der Waals surface area contributed by atoms with Gasteiger partial charge in [0.25, 0.3) is 0 Å². The van der Waals surface area contributed by atoms with Gasteiger partial charge in [-0.2, -0.15) is 0 Å². The maximum Gasteiger partial charge on any atom is 0.320 e. The molecule has 0 saturated carbocycles. The Labute approximate surface area is 162 Å². The van der Waals surface area contributed by atoms with Gasteiger partial charge in [0.15, 0.2) is 0 Å². The van der Waals surface area contributed by atoms with Crippen molar-refractivity contribution < 1.29 is 14.7 Å². The number of hydrogen-bond acceptors (Lipinski definition) is 4. The molecule has 1 atom stereocenters. The highest BCUT2D eigenvalue weighted by atomic mass is 16.3. The van der Waals surface area contributed by atoms with E-state index in [0.717, 1.165) is 18.7 Å². The topological polar surface area (TPSA) is 67.3 Å². The molecule has 1 aromatic rings. The number of aliphatic hydroxyl groups is 1. The van der Waals surface area contributed by atoms with Crippen LogP contribution in [-0.4, -0.2) is 103 Å². The van der Waals surface area contributed by atoms with Crippen LogP contribution in [0.15, 0.2) is 30.3 Å². The highest BCUT2D eigenvalue weighted by Gasteiger charge is 2.30. The van der Waals surface area contributed by atoms with Crippen LogP contribution in [0.1, 0.15) is 12.5 Å². The summed E-state index contributed by atoms with van der Waals surface area (Å²) in [4.78, 5) is 32.8. The van der Waals surface area contributed by atoms with Crippen LogP contribution in [0.5, 0.6) is 0 Å². The SMILES string of the molecule is C[C@@H](C(=O)N1CCN(C)CC1)N(C)C(=O)N(CCO)CCc1ccccc1. The van der Waals surface area contributed by atoms with Crippen LogP contribution in [-0.2, 0) is 11.2 Å². The molecule has 7 heteroatoms. The van der Waals surface area contributed by atoms with Gasteiger partial charge in [0.05, 0.1) is 6.61 Å². The Hall–Kier alpha value is -2.12. The van der Waals surface area contributed by atoms with Gasteiger partial charge in [-0.15, -0.1) is 0 Å². The van der Waals surface area contributed by atoms with Crippen molar-refractivity contribution in [2.45, 2.75) is 19.4 Å². The molecule has 0 aliphatic carbocycles. The van der Waals surface area contributed by atoms with Gasteiger partial charge in [0.1, 0.15) is 6.04 Å². The van der Waals surface area contributed by atoms with Gasteiger partial charge in [-0.25, -0.2) is 4.79 Å². The fourth-order valence-corrected chi connectivity index (χ4v) is 3.18. The number of amides is 3. The Bertz CT molecular complexity index is 603. The van der Waals surface area contributed by atoms with E-state index in [2.05, 4.69) is 4.90 Å². The van der Waals surface area contributed by atoms with Crippen LogP contribution in [0.25, 0.3) is 0 Å². The van der Waals surface area contributed by atoms with Crippen molar-refractivity contribution >= 4 is 11.9 Å². The Morgan fingerprint density at radius 2 is 1.74 bits per heavy atom. The zero-order valence-corrected chi connectivity index (χ0v) is 16.7. The van der Waals surface area contributed by atoms with E-state index in [9.17, 15) is 14.7 Å². The highest BCUT2D eigenvalue weighted by molar-refractivity contribution is 5.86. The standard InChI is InChI=1S/C20H32N4O3/c1-17(19(26)23-13-11-21(2)12-14-23)22(3)20(27)24(15-16-25)10-9-18-7-5-4-6-8-18/h4-8,17,25H,9-16H2,1-3H3/t17-/m0/s1. The number of aliphatic hydroxyl groups excluding tert-OH is 1. The number of likely N-dealkylation sites (N-methyl/N-ethyl adjacent to an activating group) is 2. The normalized spacial score (nSPS) is 16.1. The van der Waals surface area contributed by atoms with Crippen molar-refractivity contribution in [2.24, 2.45) is 0 Å². The molecule has 1 fully saturated rings. The lowest BCUT2D eigenvalue weighted by Gasteiger charge is -2.37. The fourth-order valence-electron chi connectivity index (χ4n) is 3.18. The minimum atomic E-state index is -0.529. The van der Waals surface area contributed by atoms with E-state index in [-0.39, 0.29) is 25.1 Å². The number of urea groups is 1. The minimum Gasteiger partial charge on any atom is -0.395 e. The smallest absolute Gasteiger partial charge is 0.320 e. The van der Waals surface area contributed by atoms with Crippen LogP contribution in [0.2, 0.25) is 0 Å². The summed E-state index contributed by atoms with van der Waals surface area (Å²) in [6, 6.07) is 9.18. The number of hydrogen-bond donors (Lipinski definition) is 1. The van der Waals surface area contributed by atoms with Gasteiger partial charge in [-0.05, 0) is 26.0 Å². The Morgan fingerprint density at radius 3 is 2.33 bits per heavy atom. The Balaban J connectivity index is 1.95. The van der Waals surface area contributed by atoms with E-state index in [1.807, 2.05) is 42.3 Å². The van der Waals surface area contributed by atoms with Gasteiger partial charge in [0.2, 0.25) is 5.91 Å². The average molecular weight is 377 g/mol. The molecule has 0 radical (unpaired) electrons. The van der Waals surface area contributed by atoms with Gasteiger partial charge in [0, 0.05) is 46.3 Å². The second kappa shape index (κ2) is 10.3. The van der Waals surface area contributed by atoms with E-state index < -0.39 is 6.04 Å². The first-order valence-corrected chi connectivity index (χ1v) is 9.58. The van der Waals surface area contributed by atoms with Crippen LogP contribution in [0.3, 0.4) is 0 Å². The molecular formula is C20H32N4O3. The number of piperazine rings is 1. The lowest BCUT2D eigenvalue weighted by molar-refractivity contribution is -0.136. The third kappa shape index (κ3) is 5.94. The third-order valence-corrected chi connectivity index (χ3v) is 5.21. The molecule has 1 aromatic carbocycles. The summed E-state index contributed by atoms with van der Waals surface area (Å²) in [6.07, 6.45) is 0.710. The highest BCUT2D eigenvalue weighted by Crippen LogP contribution is 2.10. The van der Waals surface area contributed by atoms with Crippen LogP contribution in [0.4, 0.5) is 4.79 Å². The molecule has 0 spiro atoms. The van der Waals surface area contributed by atoms with Gasteiger partial charge in [-0.3, -0.25) is 4.79 Å². The Kier molecular flexibility index (Phi) is 8.06. The van der Waals surface area contributed by atoms with E-state index >= 15 is 0 Å². The average Bonchev–Trinajstić information content (AvgIpc) is 2.70. The van der Waals surface area contributed by atoms with Crippen molar-refractivity contribution in [1.82, 2.24) is 19.6 Å². The van der Waals surface area contributed by atoms with Crippen molar-refractivity contribution in [3.05, 3.63) is 35.9 Å². The first kappa shape index (κ1) is 21.2. The zero-order valence-electron chi connectivity index (χ0n) is 16.7. The number of rotatable bonds is 7. The summed E-state index contributed by atoms with van der Waals surface area (Å²) < 4.78 is 0. The molecule has 1 saturated heterocycles. The molecule has 0 unspecified atom stereocenters. The largest absolute Gasteiger partial charge is 0.395 e. The summed E-state index contributed by atoms with van der Waals surface area (Å²) in [5.41, 5.74) is 1.14. The molecule has 1 N–H and O–H groups in total. The summed E-state index contributed by atoms with van der Waals surface area (Å²) in [5.74, 6) is -0.0223. The summed E-state index contributed by atoms with van der Waals surface area (Å²) in [6.45, 7) is 5.51. The van der Waals surface area contributed by atoms with Crippen molar-refractivity contribution in [1.29, 1.82) is 0 Å². The number of benzene rings is 1. The van der Waals surface area contributed by atoms with Crippen molar-refractivity contribution in [3.8, 4) is 0 Å². The lowest BCUT2D eigenvalue weighted by Crippen LogP contribution is -2.55. The summed E-state index contributed by atoms with van der Waals surface area (Å²) in [5, 5.41) is 9.35. The minimum absolute atomic E-state index is 0.0223. The molecule has 0 aromatic heterocycles. The van der Waals surface area contributed by atoms with Crippen LogP contribution >= 0.6 is 0 Å². The van der Waals surface area contributed by atoms with E-state index in [1.165, 1.54) is 4.90 Å². The van der Waals surface area contributed by atoms with Gasteiger partial charge in [-0.1, -0.05) is 30.3 Å². The maximum absolute atomic E-state index is 12.9. The maximum atomic E-state index is 12.9. The quantitative estimate of drug-likeness (QED) is 0.762. The first-order chi connectivity index (χ1) is 12.9. The molecule has 0 bridgehead atoms. The molecule has 1 aliphatic heterocycles. The Morgan fingerprint density at radius 1 is 1.11 bits per heavy atom. The monoisotopic (exact) mass is 376 g/mol. The molecule has 3 amide bonds. The van der Waals surface area contributed by atoms with Crippen molar-refractivity contribution in [3.63, 3.8) is 0 Å². The van der Waals surface area contributed by atoms with E-state index in [1.54, 1.807) is 18.9 Å². The van der Waals surface area contributed by atoms with E-state index in [4.69, 9.17) is 0 Å². The van der Waals surface area contributed by atoms with Crippen LogP contribution < -0.4 is 0 Å². The fraction of sp³-hybridized carbons (Fsp3) is 0.600. The summed E-state index contributed by atoms with van der Waals surface area (Å²) >= 11 is 0. The molecular weight excluding hydrogens is 344 g/mol. The zero-order chi connectivity index (χ0) is 19.8. The predicted octanol–water partition coefficient (Wildman–Crippen LogP) is 0.738. The summed E-state index contributed by atoms with van der Waals surface area (Å²) in [7, 11) is 3.70. The predicted molar refractivity (Wildman–Crippen MR) is 106 cm³/mol. The van der Waals surface area contributed by atoms with Crippen LogP contribution in [0, 0.1) is 0 Å². The van der Waals surface area contributed by atoms with Crippen molar-refractivity contribution in [2.75, 3.05) is 60.0 Å². The first-order valence-electron chi connectivity index (χ1n) is 9.58. The lowest BCUT2D eigenvalue weighted by atomic mass is 10.1. The molecule has 27 heavy (non-hydrogen) atoms.